The van der Waals surface area contributed by atoms with Gasteiger partial charge in [0.2, 0.25) is 5.76 Å². The van der Waals surface area contributed by atoms with Crippen LogP contribution in [0.15, 0.2) is 52.9 Å². The van der Waals surface area contributed by atoms with Crippen LogP contribution in [0.2, 0.25) is 0 Å². The molecule has 1 amide bonds. The molecule has 3 rings (SSSR count). The van der Waals surface area contributed by atoms with Gasteiger partial charge in [-0.05, 0) is 31.0 Å². The molecule has 1 aromatic heterocycles. The monoisotopic (exact) mass is 338 g/mol. The van der Waals surface area contributed by atoms with E-state index in [0.29, 0.717) is 30.1 Å². The third-order valence-electron chi connectivity index (χ3n) is 4.05. The molecule has 0 fully saturated rings. The first-order chi connectivity index (χ1) is 12.1. The van der Waals surface area contributed by atoms with Crippen molar-refractivity contribution in [2.75, 3.05) is 13.7 Å². The van der Waals surface area contributed by atoms with Gasteiger partial charge >= 0.3 is 0 Å². The molecule has 25 heavy (non-hydrogen) atoms. The highest BCUT2D eigenvalue weighted by Gasteiger charge is 2.22. The summed E-state index contributed by atoms with van der Waals surface area (Å²) in [7, 11) is 1.60. The lowest BCUT2D eigenvalue weighted by Crippen LogP contribution is -2.29. The Morgan fingerprint density at radius 2 is 2.00 bits per heavy atom. The van der Waals surface area contributed by atoms with Gasteiger partial charge in [0.25, 0.3) is 5.91 Å². The van der Waals surface area contributed by atoms with Crippen LogP contribution in [0.5, 0.6) is 5.75 Å². The van der Waals surface area contributed by atoms with E-state index in [2.05, 4.69) is 5.32 Å². The predicted molar refractivity (Wildman–Crippen MR) is 98.8 cm³/mol. The minimum Gasteiger partial charge on any atom is -0.497 e. The first-order valence-corrected chi connectivity index (χ1v) is 8.30. The molecule has 0 spiro atoms. The molecular formula is C20H22N2O3. The molecule has 5 nitrogen and oxygen atoms in total. The van der Waals surface area contributed by atoms with Crippen molar-refractivity contribution in [3.05, 3.63) is 54.3 Å². The van der Waals surface area contributed by atoms with E-state index in [1.165, 1.54) is 0 Å². The van der Waals surface area contributed by atoms with Crippen LogP contribution in [0.25, 0.3) is 22.1 Å². The number of hydrogen-bond acceptors (Lipinski definition) is 4. The van der Waals surface area contributed by atoms with Crippen molar-refractivity contribution in [1.82, 2.24) is 5.32 Å². The largest absolute Gasteiger partial charge is 0.497 e. The normalized spacial score (nSPS) is 12.1. The fourth-order valence-corrected chi connectivity index (χ4v) is 2.75. The van der Waals surface area contributed by atoms with Crippen molar-refractivity contribution in [2.24, 2.45) is 5.73 Å². The number of furan rings is 1. The van der Waals surface area contributed by atoms with Gasteiger partial charge in [0.15, 0.2) is 0 Å². The third kappa shape index (κ3) is 3.67. The fourth-order valence-electron chi connectivity index (χ4n) is 2.75. The van der Waals surface area contributed by atoms with E-state index in [1.807, 2.05) is 49.4 Å². The number of rotatable bonds is 6. The van der Waals surface area contributed by atoms with Gasteiger partial charge in [-0.1, -0.05) is 30.3 Å². The maximum Gasteiger partial charge on any atom is 0.287 e. The summed E-state index contributed by atoms with van der Waals surface area (Å²) in [6.07, 6.45) is 0.709. The first-order valence-electron chi connectivity index (χ1n) is 8.30. The number of carbonyl (C=O) groups excluding carboxylic acids is 1. The molecule has 130 valence electrons. The number of nitrogens with two attached hydrogens (primary N) is 1. The van der Waals surface area contributed by atoms with Gasteiger partial charge in [-0.25, -0.2) is 0 Å². The molecule has 3 N–H and O–H groups in total. The van der Waals surface area contributed by atoms with E-state index in [4.69, 9.17) is 14.9 Å². The van der Waals surface area contributed by atoms with E-state index in [1.54, 1.807) is 13.2 Å². The highest BCUT2D eigenvalue weighted by molar-refractivity contribution is 6.08. The number of fused-ring (bicyclic) bond motifs is 1. The number of carbonyl (C=O) groups is 1. The molecule has 0 saturated carbocycles. The smallest absolute Gasteiger partial charge is 0.287 e. The van der Waals surface area contributed by atoms with Crippen LogP contribution in [0, 0.1) is 0 Å². The van der Waals surface area contributed by atoms with Gasteiger partial charge in [0, 0.05) is 29.6 Å². The van der Waals surface area contributed by atoms with Crippen molar-refractivity contribution in [3.8, 4) is 16.9 Å². The Labute approximate surface area is 146 Å². The van der Waals surface area contributed by atoms with E-state index >= 15 is 0 Å². The molecule has 0 aliphatic carbocycles. The molecule has 1 heterocycles. The maximum absolute atomic E-state index is 12.7. The number of amides is 1. The minimum absolute atomic E-state index is 0.0360. The summed E-state index contributed by atoms with van der Waals surface area (Å²) in [6, 6.07) is 15.4. The summed E-state index contributed by atoms with van der Waals surface area (Å²) < 4.78 is 11.1. The lowest BCUT2D eigenvalue weighted by atomic mass is 10.0. The van der Waals surface area contributed by atoms with Crippen molar-refractivity contribution < 1.29 is 13.9 Å². The zero-order chi connectivity index (χ0) is 17.8. The maximum atomic E-state index is 12.7. The fraction of sp³-hybridized carbons (Fsp3) is 0.250. The summed E-state index contributed by atoms with van der Waals surface area (Å²) in [4.78, 5) is 12.7. The summed E-state index contributed by atoms with van der Waals surface area (Å²) >= 11 is 0. The lowest BCUT2D eigenvalue weighted by Gasteiger charge is -2.07. The Hall–Kier alpha value is -2.79. The number of benzene rings is 2. The molecule has 1 atom stereocenters. The van der Waals surface area contributed by atoms with Crippen molar-refractivity contribution in [2.45, 2.75) is 19.4 Å². The molecule has 1 unspecified atom stereocenters. The second-order valence-electron chi connectivity index (χ2n) is 6.06. The molecule has 0 radical (unpaired) electrons. The van der Waals surface area contributed by atoms with Crippen molar-refractivity contribution in [1.29, 1.82) is 0 Å². The zero-order valence-electron chi connectivity index (χ0n) is 14.4. The van der Waals surface area contributed by atoms with Crippen LogP contribution in [-0.4, -0.2) is 25.6 Å². The van der Waals surface area contributed by atoms with E-state index in [0.717, 1.165) is 16.5 Å². The second kappa shape index (κ2) is 7.40. The molecule has 0 saturated heterocycles. The van der Waals surface area contributed by atoms with E-state index in [-0.39, 0.29) is 11.9 Å². The molecular weight excluding hydrogens is 316 g/mol. The summed E-state index contributed by atoms with van der Waals surface area (Å²) in [5.74, 6) is 0.749. The van der Waals surface area contributed by atoms with Crippen molar-refractivity contribution in [3.63, 3.8) is 0 Å². The molecule has 2 aromatic carbocycles. The molecule has 5 heteroatoms. The predicted octanol–water partition coefficient (Wildman–Crippen LogP) is 3.58. The Kier molecular flexibility index (Phi) is 5.05. The Morgan fingerprint density at radius 1 is 1.24 bits per heavy atom. The van der Waals surface area contributed by atoms with E-state index in [9.17, 15) is 4.79 Å². The minimum atomic E-state index is -0.241. The Morgan fingerprint density at radius 3 is 2.68 bits per heavy atom. The number of nitrogens with one attached hydrogen (secondary N) is 1. The van der Waals surface area contributed by atoms with E-state index < -0.39 is 0 Å². The van der Waals surface area contributed by atoms with Gasteiger partial charge in [-0.15, -0.1) is 0 Å². The lowest BCUT2D eigenvalue weighted by molar-refractivity contribution is 0.0928. The van der Waals surface area contributed by atoms with Crippen LogP contribution in [-0.2, 0) is 0 Å². The highest BCUT2D eigenvalue weighted by Crippen LogP contribution is 2.36. The van der Waals surface area contributed by atoms with Crippen molar-refractivity contribution >= 4 is 16.9 Å². The Bertz CT molecular complexity index is 869. The van der Waals surface area contributed by atoms with Gasteiger partial charge in [0.1, 0.15) is 11.3 Å². The average Bonchev–Trinajstić information content (AvgIpc) is 3.00. The standard InChI is InChI=1S/C20H22N2O3/c1-13(21)10-11-22-20(23)19-18(14-6-4-3-5-7-14)16-9-8-15(24-2)12-17(16)25-19/h3-9,12-13H,10-11,21H2,1-2H3,(H,22,23). The molecule has 3 aromatic rings. The SMILES string of the molecule is COc1ccc2c(-c3ccccc3)c(C(=O)NCCC(C)N)oc2c1. The zero-order valence-corrected chi connectivity index (χ0v) is 14.4. The van der Waals surface area contributed by atoms with Gasteiger partial charge in [-0.3, -0.25) is 4.79 Å². The molecule has 0 aliphatic rings. The second-order valence-corrected chi connectivity index (χ2v) is 6.06. The topological polar surface area (TPSA) is 77.5 Å². The van der Waals surface area contributed by atoms with Crippen LogP contribution < -0.4 is 15.8 Å². The highest BCUT2D eigenvalue weighted by atomic mass is 16.5. The third-order valence-corrected chi connectivity index (χ3v) is 4.05. The number of hydrogen-bond donors (Lipinski definition) is 2. The summed E-state index contributed by atoms with van der Waals surface area (Å²) in [5.41, 5.74) is 8.09. The first kappa shape index (κ1) is 17.0. The van der Waals surface area contributed by atoms with Gasteiger partial charge < -0.3 is 20.2 Å². The van der Waals surface area contributed by atoms with Crippen LogP contribution in [0.3, 0.4) is 0 Å². The number of methoxy groups -OCH3 is 1. The van der Waals surface area contributed by atoms with Crippen LogP contribution in [0.4, 0.5) is 0 Å². The van der Waals surface area contributed by atoms with Crippen LogP contribution >= 0.6 is 0 Å². The molecule has 0 aliphatic heterocycles. The van der Waals surface area contributed by atoms with Gasteiger partial charge in [-0.2, -0.15) is 0 Å². The van der Waals surface area contributed by atoms with Gasteiger partial charge in [0.05, 0.1) is 7.11 Å². The Balaban J connectivity index is 2.05. The summed E-state index contributed by atoms with van der Waals surface area (Å²) in [5, 5.41) is 3.77. The molecule has 0 bridgehead atoms. The summed E-state index contributed by atoms with van der Waals surface area (Å²) in [6.45, 7) is 2.42. The average molecular weight is 338 g/mol. The quantitative estimate of drug-likeness (QED) is 0.720. The van der Waals surface area contributed by atoms with Crippen LogP contribution in [0.1, 0.15) is 23.9 Å². The number of ether oxygens (including phenoxy) is 1.